The molecule has 3 heterocycles. The Kier molecular flexibility index (Phi) is 7.32. The van der Waals surface area contributed by atoms with E-state index in [4.69, 9.17) is 4.98 Å². The molecule has 7 nitrogen and oxygen atoms in total. The van der Waals surface area contributed by atoms with Gasteiger partial charge in [-0.1, -0.05) is 49.0 Å². The molecule has 176 valence electrons. The highest BCUT2D eigenvalue weighted by Gasteiger charge is 2.15. The lowest BCUT2D eigenvalue weighted by Gasteiger charge is -2.26. The van der Waals surface area contributed by atoms with Crippen LogP contribution >= 0.6 is 23.5 Å². The molecule has 9 heteroatoms. The molecule has 0 radical (unpaired) electrons. The van der Waals surface area contributed by atoms with E-state index in [-0.39, 0.29) is 11.7 Å². The fourth-order valence-electron chi connectivity index (χ4n) is 4.29. The molecule has 1 saturated heterocycles. The first-order chi connectivity index (χ1) is 16.7. The number of thioether (sulfide) groups is 2. The van der Waals surface area contributed by atoms with E-state index in [2.05, 4.69) is 56.2 Å². The van der Waals surface area contributed by atoms with Crippen molar-refractivity contribution in [3.8, 4) is 0 Å². The summed E-state index contributed by atoms with van der Waals surface area (Å²) in [5.74, 6) is 2.54. The van der Waals surface area contributed by atoms with Gasteiger partial charge in [-0.25, -0.2) is 4.98 Å². The van der Waals surface area contributed by atoms with Crippen molar-refractivity contribution in [2.24, 2.45) is 0 Å². The molecular weight excluding hydrogens is 464 g/mol. The molecule has 34 heavy (non-hydrogen) atoms. The van der Waals surface area contributed by atoms with E-state index in [0.717, 1.165) is 60.4 Å². The third kappa shape index (κ3) is 5.21. The van der Waals surface area contributed by atoms with Gasteiger partial charge in [0.25, 0.3) is 0 Å². The fourth-order valence-corrected chi connectivity index (χ4v) is 5.85. The van der Waals surface area contributed by atoms with Crippen LogP contribution in [-0.4, -0.2) is 60.9 Å². The Morgan fingerprint density at radius 2 is 1.97 bits per heavy atom. The van der Waals surface area contributed by atoms with Crippen molar-refractivity contribution in [2.45, 2.75) is 31.6 Å². The Bertz CT molecular complexity index is 1300. The van der Waals surface area contributed by atoms with Crippen LogP contribution in [0.2, 0.25) is 0 Å². The molecule has 1 aliphatic rings. The Morgan fingerprint density at radius 1 is 1.12 bits per heavy atom. The largest absolute Gasteiger partial charge is 0.325 e. The zero-order chi connectivity index (χ0) is 23.3. The average Bonchev–Trinajstić information content (AvgIpc) is 3.17. The summed E-state index contributed by atoms with van der Waals surface area (Å²) in [6.07, 6.45) is 0.998. The van der Waals surface area contributed by atoms with Crippen LogP contribution in [-0.2, 0) is 17.9 Å². The summed E-state index contributed by atoms with van der Waals surface area (Å²) in [5, 5.41) is 13.3. The number of nitrogens with zero attached hydrogens (tertiary/aromatic N) is 5. The highest BCUT2D eigenvalue weighted by Crippen LogP contribution is 2.27. The molecule has 0 atom stereocenters. The summed E-state index contributed by atoms with van der Waals surface area (Å²) in [6, 6.07) is 16.3. The monoisotopic (exact) mass is 492 g/mol. The standard InChI is InChI=1S/C25H28N6OS2/c1-2-10-31-21-9-4-3-8-20(21)23-24(31)27-25(29-28-23)34-17-22(32)26-19-7-5-6-18(15-19)16-30-11-13-33-14-12-30/h3-9,15H,2,10-14,16-17H2,1H3,(H,26,32). The molecule has 1 N–H and O–H groups in total. The number of para-hydroxylation sites is 1. The van der Waals surface area contributed by atoms with E-state index in [1.165, 1.54) is 28.8 Å². The van der Waals surface area contributed by atoms with Crippen LogP contribution in [0.1, 0.15) is 18.9 Å². The first kappa shape index (κ1) is 23.1. The lowest BCUT2D eigenvalue weighted by atomic mass is 10.2. The minimum atomic E-state index is -0.0747. The number of aryl methyl sites for hydroxylation is 1. The SMILES string of the molecule is CCCn1c2ccccc2c2nnc(SCC(=O)Nc3cccc(CN4CCSCC4)c3)nc21. The molecular formula is C25H28N6OS2. The summed E-state index contributed by atoms with van der Waals surface area (Å²) < 4.78 is 2.19. The molecule has 4 aromatic rings. The van der Waals surface area contributed by atoms with Crippen molar-refractivity contribution in [1.29, 1.82) is 0 Å². The average molecular weight is 493 g/mol. The maximum atomic E-state index is 12.6. The number of carbonyl (C=O) groups excluding carboxylic acids is 1. The van der Waals surface area contributed by atoms with E-state index >= 15 is 0 Å². The van der Waals surface area contributed by atoms with Crippen molar-refractivity contribution >= 4 is 57.2 Å². The molecule has 5 rings (SSSR count). The van der Waals surface area contributed by atoms with Crippen molar-refractivity contribution in [3.63, 3.8) is 0 Å². The second kappa shape index (κ2) is 10.8. The van der Waals surface area contributed by atoms with E-state index in [1.54, 1.807) is 0 Å². The van der Waals surface area contributed by atoms with Gasteiger partial charge in [-0.3, -0.25) is 9.69 Å². The molecule has 1 aliphatic heterocycles. The van der Waals surface area contributed by atoms with Crippen LogP contribution < -0.4 is 5.32 Å². The van der Waals surface area contributed by atoms with Crippen LogP contribution in [0.5, 0.6) is 0 Å². The number of carbonyl (C=O) groups is 1. The van der Waals surface area contributed by atoms with Gasteiger partial charge in [0.1, 0.15) is 5.52 Å². The van der Waals surface area contributed by atoms with Crippen LogP contribution in [0, 0.1) is 0 Å². The van der Waals surface area contributed by atoms with E-state index in [9.17, 15) is 4.79 Å². The summed E-state index contributed by atoms with van der Waals surface area (Å²) in [5.41, 5.74) is 4.79. The highest BCUT2D eigenvalue weighted by molar-refractivity contribution is 7.99. The minimum absolute atomic E-state index is 0.0747. The van der Waals surface area contributed by atoms with Crippen molar-refractivity contribution in [2.75, 3.05) is 35.7 Å². The number of benzene rings is 2. The number of rotatable bonds is 8. The molecule has 1 amide bonds. The highest BCUT2D eigenvalue weighted by atomic mass is 32.2. The van der Waals surface area contributed by atoms with Gasteiger partial charge in [-0.15, -0.1) is 10.2 Å². The van der Waals surface area contributed by atoms with Crippen molar-refractivity contribution in [3.05, 3.63) is 54.1 Å². The first-order valence-corrected chi connectivity index (χ1v) is 13.8. The quantitative estimate of drug-likeness (QED) is 0.358. The Hall–Kier alpha value is -2.62. The molecule has 1 fully saturated rings. The van der Waals surface area contributed by atoms with E-state index in [1.807, 2.05) is 36.0 Å². The number of aromatic nitrogens is 4. The van der Waals surface area contributed by atoms with Crippen molar-refractivity contribution in [1.82, 2.24) is 24.6 Å². The van der Waals surface area contributed by atoms with Gasteiger partial charge >= 0.3 is 0 Å². The maximum Gasteiger partial charge on any atom is 0.234 e. The van der Waals surface area contributed by atoms with Crippen molar-refractivity contribution < 1.29 is 4.79 Å². The van der Waals surface area contributed by atoms with Gasteiger partial charge in [-0.05, 0) is 30.2 Å². The van der Waals surface area contributed by atoms with Gasteiger partial charge < -0.3 is 9.88 Å². The van der Waals surface area contributed by atoms with Crippen LogP contribution in [0.25, 0.3) is 22.1 Å². The number of nitrogens with one attached hydrogen (secondary N) is 1. The normalized spacial score (nSPS) is 14.6. The summed E-state index contributed by atoms with van der Waals surface area (Å²) in [4.78, 5) is 19.9. The predicted octanol–water partition coefficient (Wildman–Crippen LogP) is 4.67. The van der Waals surface area contributed by atoms with E-state index in [0.29, 0.717) is 5.16 Å². The summed E-state index contributed by atoms with van der Waals surface area (Å²) in [6.45, 7) is 6.17. The Balaban J connectivity index is 1.25. The van der Waals surface area contributed by atoms with Gasteiger partial charge in [0.15, 0.2) is 5.65 Å². The maximum absolute atomic E-state index is 12.6. The molecule has 2 aromatic heterocycles. The van der Waals surface area contributed by atoms with Crippen LogP contribution in [0.3, 0.4) is 0 Å². The second-order valence-corrected chi connectivity index (χ2v) is 10.5. The van der Waals surface area contributed by atoms with Crippen LogP contribution in [0.4, 0.5) is 5.69 Å². The number of amides is 1. The molecule has 0 unspecified atom stereocenters. The molecule has 0 aliphatic carbocycles. The zero-order valence-corrected chi connectivity index (χ0v) is 20.9. The number of anilines is 1. The Labute approximate surface area is 207 Å². The van der Waals surface area contributed by atoms with Gasteiger partial charge in [0.05, 0.1) is 11.3 Å². The predicted molar refractivity (Wildman–Crippen MR) is 142 cm³/mol. The van der Waals surface area contributed by atoms with Gasteiger partial charge in [-0.2, -0.15) is 11.8 Å². The topological polar surface area (TPSA) is 75.9 Å². The number of hydrogen-bond donors (Lipinski definition) is 1. The summed E-state index contributed by atoms with van der Waals surface area (Å²) in [7, 11) is 0. The summed E-state index contributed by atoms with van der Waals surface area (Å²) >= 11 is 3.32. The number of fused-ring (bicyclic) bond motifs is 3. The Morgan fingerprint density at radius 3 is 2.82 bits per heavy atom. The lowest BCUT2D eigenvalue weighted by molar-refractivity contribution is -0.113. The lowest BCUT2D eigenvalue weighted by Crippen LogP contribution is -2.31. The molecule has 2 aromatic carbocycles. The van der Waals surface area contributed by atoms with Gasteiger partial charge in [0, 0.05) is 48.8 Å². The number of hydrogen-bond acceptors (Lipinski definition) is 7. The third-order valence-corrected chi connectivity index (χ3v) is 7.63. The van der Waals surface area contributed by atoms with E-state index < -0.39 is 0 Å². The molecule has 0 bridgehead atoms. The van der Waals surface area contributed by atoms with Gasteiger partial charge in [0.2, 0.25) is 11.1 Å². The minimum Gasteiger partial charge on any atom is -0.325 e. The smallest absolute Gasteiger partial charge is 0.234 e. The second-order valence-electron chi connectivity index (χ2n) is 8.36. The molecule has 0 saturated carbocycles. The third-order valence-electron chi connectivity index (χ3n) is 5.85. The van der Waals surface area contributed by atoms with Crippen LogP contribution in [0.15, 0.2) is 53.7 Å². The fraction of sp³-hybridized carbons (Fsp3) is 0.360. The molecule has 0 spiro atoms. The zero-order valence-electron chi connectivity index (χ0n) is 19.2. The first-order valence-electron chi connectivity index (χ1n) is 11.6.